The summed E-state index contributed by atoms with van der Waals surface area (Å²) in [5.74, 6) is 1.07. The molecule has 0 atom stereocenters. The molecule has 9 nitrogen and oxygen atoms in total. The Bertz CT molecular complexity index is 1270. The zero-order valence-corrected chi connectivity index (χ0v) is 21.3. The molecule has 1 fully saturated rings. The lowest BCUT2D eigenvalue weighted by Crippen LogP contribution is -2.36. The number of thioether (sulfide) groups is 1. The molecule has 0 spiro atoms. The zero-order valence-electron chi connectivity index (χ0n) is 19.7. The minimum atomic E-state index is -3.91. The number of hydrogen-bond acceptors (Lipinski definition) is 8. The SMILES string of the molecule is CCOc1ccc(-c2noc(CNS(=O)(=O)c3ccc(SC)c(C(=O)N4CCCCC4)c3)n2)cc1. The van der Waals surface area contributed by atoms with Crippen LogP contribution in [0.1, 0.15) is 42.4 Å². The monoisotopic (exact) mass is 516 g/mol. The van der Waals surface area contributed by atoms with E-state index in [-0.39, 0.29) is 23.2 Å². The smallest absolute Gasteiger partial charge is 0.255 e. The van der Waals surface area contributed by atoms with Crippen LogP contribution in [-0.2, 0) is 16.6 Å². The third-order valence-electron chi connectivity index (χ3n) is 5.66. The molecule has 1 N–H and O–H groups in total. The van der Waals surface area contributed by atoms with Crippen LogP contribution in [0, 0.1) is 0 Å². The van der Waals surface area contributed by atoms with E-state index in [9.17, 15) is 13.2 Å². The van der Waals surface area contributed by atoms with Crippen LogP contribution in [0.25, 0.3) is 11.4 Å². The van der Waals surface area contributed by atoms with Gasteiger partial charge in [0.2, 0.25) is 21.7 Å². The number of nitrogens with zero attached hydrogens (tertiary/aromatic N) is 3. The predicted octanol–water partition coefficient (Wildman–Crippen LogP) is 3.96. The molecule has 4 rings (SSSR count). The van der Waals surface area contributed by atoms with Crippen molar-refractivity contribution in [3.8, 4) is 17.1 Å². The van der Waals surface area contributed by atoms with Gasteiger partial charge >= 0.3 is 0 Å². The van der Waals surface area contributed by atoms with Crippen molar-refractivity contribution in [3.63, 3.8) is 0 Å². The van der Waals surface area contributed by atoms with E-state index in [1.807, 2.05) is 13.2 Å². The molecule has 1 saturated heterocycles. The van der Waals surface area contributed by atoms with Crippen LogP contribution in [0.2, 0.25) is 0 Å². The molecule has 1 aromatic heterocycles. The van der Waals surface area contributed by atoms with Gasteiger partial charge in [-0.3, -0.25) is 4.79 Å². The number of benzene rings is 2. The molecule has 1 aliphatic rings. The minimum Gasteiger partial charge on any atom is -0.494 e. The normalized spacial score (nSPS) is 14.2. The highest BCUT2D eigenvalue weighted by Gasteiger charge is 2.24. The highest BCUT2D eigenvalue weighted by Crippen LogP contribution is 2.26. The summed E-state index contributed by atoms with van der Waals surface area (Å²) in [6.45, 7) is 3.68. The van der Waals surface area contributed by atoms with Crippen LogP contribution in [0.4, 0.5) is 0 Å². The van der Waals surface area contributed by atoms with Crippen molar-refractivity contribution in [1.29, 1.82) is 0 Å². The lowest BCUT2D eigenvalue weighted by molar-refractivity contribution is 0.0720. The van der Waals surface area contributed by atoms with Gasteiger partial charge in [-0.15, -0.1) is 11.8 Å². The fourth-order valence-corrected chi connectivity index (χ4v) is 5.41. The van der Waals surface area contributed by atoms with Crippen LogP contribution in [-0.4, -0.2) is 55.3 Å². The molecule has 0 radical (unpaired) electrons. The van der Waals surface area contributed by atoms with Crippen LogP contribution >= 0.6 is 11.8 Å². The van der Waals surface area contributed by atoms with E-state index >= 15 is 0 Å². The number of ether oxygens (including phenoxy) is 1. The molecule has 11 heteroatoms. The number of piperidine rings is 1. The van der Waals surface area contributed by atoms with Crippen molar-refractivity contribution in [2.24, 2.45) is 0 Å². The second-order valence-corrected chi connectivity index (χ2v) is 10.6. The van der Waals surface area contributed by atoms with Gasteiger partial charge in [0, 0.05) is 23.5 Å². The second-order valence-electron chi connectivity index (χ2n) is 8.01. The lowest BCUT2D eigenvalue weighted by Gasteiger charge is -2.27. The number of nitrogens with one attached hydrogen (secondary N) is 1. The number of likely N-dealkylation sites (tertiary alicyclic amines) is 1. The number of aromatic nitrogens is 2. The van der Waals surface area contributed by atoms with Crippen LogP contribution in [0.5, 0.6) is 5.75 Å². The quantitative estimate of drug-likeness (QED) is 0.425. The van der Waals surface area contributed by atoms with Gasteiger partial charge in [0.15, 0.2) is 0 Å². The average molecular weight is 517 g/mol. The van der Waals surface area contributed by atoms with Crippen molar-refractivity contribution in [3.05, 3.63) is 53.9 Å². The van der Waals surface area contributed by atoms with Crippen molar-refractivity contribution in [1.82, 2.24) is 19.8 Å². The Hall–Kier alpha value is -2.89. The Morgan fingerprint density at radius 1 is 1.14 bits per heavy atom. The van der Waals surface area contributed by atoms with E-state index in [1.165, 1.54) is 23.9 Å². The molecule has 2 heterocycles. The molecule has 0 bridgehead atoms. The number of sulfonamides is 1. The maximum absolute atomic E-state index is 13.1. The third-order valence-corrected chi connectivity index (χ3v) is 7.85. The molecule has 35 heavy (non-hydrogen) atoms. The predicted molar refractivity (Wildman–Crippen MR) is 133 cm³/mol. The van der Waals surface area contributed by atoms with Gasteiger partial charge < -0.3 is 14.2 Å². The Labute approximate surface area is 209 Å². The fourth-order valence-electron chi connectivity index (χ4n) is 3.84. The Balaban J connectivity index is 1.47. The first-order valence-corrected chi connectivity index (χ1v) is 14.1. The summed E-state index contributed by atoms with van der Waals surface area (Å²) in [6, 6.07) is 11.8. The van der Waals surface area contributed by atoms with Gasteiger partial charge in [0.1, 0.15) is 5.75 Å². The van der Waals surface area contributed by atoms with Gasteiger partial charge in [0.05, 0.1) is 23.6 Å². The van der Waals surface area contributed by atoms with Crippen molar-refractivity contribution in [2.75, 3.05) is 26.0 Å². The van der Waals surface area contributed by atoms with E-state index in [0.29, 0.717) is 31.1 Å². The number of carbonyl (C=O) groups is 1. The molecule has 1 aliphatic heterocycles. The molecule has 2 aromatic carbocycles. The van der Waals surface area contributed by atoms with Crippen molar-refractivity contribution >= 4 is 27.7 Å². The Kier molecular flexibility index (Phi) is 8.09. The first kappa shape index (κ1) is 25.2. The number of carbonyl (C=O) groups excluding carboxylic acids is 1. The summed E-state index contributed by atoms with van der Waals surface area (Å²) >= 11 is 1.42. The molecule has 0 saturated carbocycles. The molecule has 3 aromatic rings. The van der Waals surface area contributed by atoms with Gasteiger partial charge in [-0.2, -0.15) is 4.98 Å². The van der Waals surface area contributed by atoms with Crippen molar-refractivity contribution < 1.29 is 22.5 Å². The molecular weight excluding hydrogens is 488 g/mol. The number of hydrogen-bond donors (Lipinski definition) is 1. The zero-order chi connectivity index (χ0) is 24.8. The second kappa shape index (κ2) is 11.2. The topological polar surface area (TPSA) is 115 Å². The van der Waals surface area contributed by atoms with Crippen LogP contribution < -0.4 is 9.46 Å². The largest absolute Gasteiger partial charge is 0.494 e. The van der Waals surface area contributed by atoms with E-state index in [0.717, 1.165) is 35.5 Å². The maximum atomic E-state index is 13.1. The highest BCUT2D eigenvalue weighted by atomic mass is 32.2. The molecule has 1 amide bonds. The summed E-state index contributed by atoms with van der Waals surface area (Å²) in [7, 11) is -3.91. The van der Waals surface area contributed by atoms with E-state index < -0.39 is 10.0 Å². The summed E-state index contributed by atoms with van der Waals surface area (Å²) in [5, 5.41) is 3.93. The summed E-state index contributed by atoms with van der Waals surface area (Å²) in [6.07, 6.45) is 4.89. The maximum Gasteiger partial charge on any atom is 0.255 e. The Morgan fingerprint density at radius 3 is 2.57 bits per heavy atom. The van der Waals surface area contributed by atoms with Crippen LogP contribution in [0.3, 0.4) is 0 Å². The van der Waals surface area contributed by atoms with E-state index in [1.54, 1.807) is 35.2 Å². The number of rotatable bonds is 9. The Morgan fingerprint density at radius 2 is 1.89 bits per heavy atom. The van der Waals surface area contributed by atoms with Gasteiger partial charge in [-0.05, 0) is 74.9 Å². The van der Waals surface area contributed by atoms with E-state index in [4.69, 9.17) is 9.26 Å². The molecule has 0 aliphatic carbocycles. The molecular formula is C24H28N4O5S2. The minimum absolute atomic E-state index is 0.0157. The summed E-state index contributed by atoms with van der Waals surface area (Å²) in [4.78, 5) is 19.9. The van der Waals surface area contributed by atoms with Gasteiger partial charge in [-0.25, -0.2) is 13.1 Å². The summed E-state index contributed by atoms with van der Waals surface area (Å²) in [5.41, 5.74) is 1.12. The third kappa shape index (κ3) is 6.03. The fraction of sp³-hybridized carbons (Fsp3) is 0.375. The first-order valence-electron chi connectivity index (χ1n) is 11.4. The molecule has 186 valence electrons. The number of amides is 1. The lowest BCUT2D eigenvalue weighted by atomic mass is 10.1. The molecule has 0 unspecified atom stereocenters. The van der Waals surface area contributed by atoms with Gasteiger partial charge in [0.25, 0.3) is 5.91 Å². The standard InChI is InChI=1S/C24H28N4O5S2/c1-3-32-18-9-7-17(8-10-18)23-26-22(33-27-23)16-25-35(30,31)19-11-12-21(34-2)20(15-19)24(29)28-13-5-4-6-14-28/h7-12,15,25H,3-6,13-14,16H2,1-2H3. The van der Waals surface area contributed by atoms with E-state index in [2.05, 4.69) is 14.9 Å². The highest BCUT2D eigenvalue weighted by molar-refractivity contribution is 7.98. The van der Waals surface area contributed by atoms with Crippen molar-refractivity contribution in [2.45, 2.75) is 42.5 Å². The average Bonchev–Trinajstić information content (AvgIpc) is 3.37. The first-order chi connectivity index (χ1) is 16.9. The summed E-state index contributed by atoms with van der Waals surface area (Å²) < 4.78 is 39.1. The van der Waals surface area contributed by atoms with Gasteiger partial charge in [-0.1, -0.05) is 5.16 Å². The van der Waals surface area contributed by atoms with Crippen LogP contribution in [0.15, 0.2) is 56.8 Å².